The molecule has 0 spiro atoms. The summed E-state index contributed by atoms with van der Waals surface area (Å²) in [5.74, 6) is 1.38. The average molecular weight is 578 g/mol. The molecule has 0 amide bonds. The predicted molar refractivity (Wildman–Crippen MR) is 182 cm³/mol. The maximum atomic E-state index is 13.3. The van der Waals surface area contributed by atoms with E-state index < -0.39 is 0 Å². The Morgan fingerprint density at radius 2 is 1.44 bits per heavy atom. The van der Waals surface area contributed by atoms with Crippen molar-refractivity contribution in [3.05, 3.63) is 129 Å². The lowest BCUT2D eigenvalue weighted by molar-refractivity contribution is -0.115. The maximum Gasteiger partial charge on any atom is 0.163 e. The fraction of sp³-hybridized carbons (Fsp3) is 0.400. The van der Waals surface area contributed by atoms with E-state index in [1.54, 1.807) is 0 Å². The molecule has 0 atom stereocenters. The first-order valence-electron chi connectivity index (χ1n) is 16.2. The summed E-state index contributed by atoms with van der Waals surface area (Å²) in [7, 11) is 0. The third-order valence-corrected chi connectivity index (χ3v) is 8.91. The largest absolute Gasteiger partial charge is 0.344 e. The normalized spacial score (nSPS) is 17.3. The van der Waals surface area contributed by atoms with Crippen LogP contribution < -0.4 is 6.15 Å². The molecule has 3 aromatic carbocycles. The van der Waals surface area contributed by atoms with Gasteiger partial charge in [0.2, 0.25) is 0 Å². The highest BCUT2D eigenvalue weighted by molar-refractivity contribution is 5.99. The first-order chi connectivity index (χ1) is 20.5. The van der Waals surface area contributed by atoms with Crippen LogP contribution in [0, 0.1) is 6.92 Å². The molecule has 0 unspecified atom stereocenters. The van der Waals surface area contributed by atoms with Gasteiger partial charge in [0.05, 0.1) is 0 Å². The van der Waals surface area contributed by atoms with Gasteiger partial charge in [-0.1, -0.05) is 106 Å². The average Bonchev–Trinajstić information content (AvgIpc) is 3.57. The van der Waals surface area contributed by atoms with Gasteiger partial charge in [0.25, 0.3) is 0 Å². The highest BCUT2D eigenvalue weighted by Crippen LogP contribution is 2.42. The summed E-state index contributed by atoms with van der Waals surface area (Å²) in [6.45, 7) is 8.41. The van der Waals surface area contributed by atoms with Crippen molar-refractivity contribution in [2.45, 2.75) is 104 Å². The molecule has 0 radical (unpaired) electrons. The zero-order valence-electron chi connectivity index (χ0n) is 26.8. The number of carbonyl (C=O) groups is 2. The number of carbonyl (C=O) groups excluding carboxylic acids is 2. The zero-order valence-corrected chi connectivity index (χ0v) is 26.8. The van der Waals surface area contributed by atoms with Crippen molar-refractivity contribution in [3.8, 4) is 0 Å². The van der Waals surface area contributed by atoms with Crippen molar-refractivity contribution in [3.63, 3.8) is 0 Å². The maximum absolute atomic E-state index is 13.3. The Kier molecular flexibility index (Phi) is 13.3. The van der Waals surface area contributed by atoms with Gasteiger partial charge in [-0.25, -0.2) is 0 Å². The second-order valence-corrected chi connectivity index (χ2v) is 11.7. The number of hydrogen-bond donors (Lipinski definition) is 1. The van der Waals surface area contributed by atoms with Crippen molar-refractivity contribution >= 4 is 11.6 Å². The molecule has 0 bridgehead atoms. The van der Waals surface area contributed by atoms with E-state index in [-0.39, 0.29) is 17.7 Å². The third kappa shape index (κ3) is 8.97. The van der Waals surface area contributed by atoms with Crippen molar-refractivity contribution in [1.29, 1.82) is 0 Å². The summed E-state index contributed by atoms with van der Waals surface area (Å²) in [5, 5.41) is 0. The van der Waals surface area contributed by atoms with Gasteiger partial charge in [-0.05, 0) is 109 Å². The molecule has 1 fully saturated rings. The minimum absolute atomic E-state index is 0. The highest BCUT2D eigenvalue weighted by atomic mass is 16.1. The molecular weight excluding hydrogens is 526 g/mol. The topological polar surface area (TPSA) is 69.1 Å². The van der Waals surface area contributed by atoms with Crippen LogP contribution in [0.2, 0.25) is 0 Å². The molecule has 43 heavy (non-hydrogen) atoms. The number of ketones is 2. The Balaban J connectivity index is 0.00000165. The van der Waals surface area contributed by atoms with E-state index in [9.17, 15) is 9.59 Å². The third-order valence-electron chi connectivity index (χ3n) is 8.91. The molecule has 3 heteroatoms. The van der Waals surface area contributed by atoms with Gasteiger partial charge < -0.3 is 6.15 Å². The summed E-state index contributed by atoms with van der Waals surface area (Å²) in [4.78, 5) is 26.5. The van der Waals surface area contributed by atoms with Gasteiger partial charge in [-0.3, -0.25) is 9.59 Å². The lowest BCUT2D eigenvalue weighted by Gasteiger charge is -2.31. The Hall–Kier alpha value is -3.56. The molecule has 0 aromatic heterocycles. The van der Waals surface area contributed by atoms with E-state index in [1.807, 2.05) is 44.2 Å². The Morgan fingerprint density at radius 3 is 2.09 bits per heavy atom. The fourth-order valence-corrected chi connectivity index (χ4v) is 6.66. The number of Topliss-reactive ketones (excluding diaryl/α,β-unsaturated/α-hetero) is 2. The van der Waals surface area contributed by atoms with Crippen LogP contribution in [0.5, 0.6) is 0 Å². The van der Waals surface area contributed by atoms with Crippen molar-refractivity contribution in [2.24, 2.45) is 0 Å². The minimum atomic E-state index is 0. The van der Waals surface area contributed by atoms with Crippen LogP contribution in [-0.2, 0) is 24.1 Å². The molecule has 2 aliphatic carbocycles. The molecule has 0 aliphatic heterocycles. The summed E-state index contributed by atoms with van der Waals surface area (Å²) < 4.78 is 0. The smallest absolute Gasteiger partial charge is 0.163 e. The van der Waals surface area contributed by atoms with Gasteiger partial charge in [0, 0.05) is 18.4 Å². The lowest BCUT2D eigenvalue weighted by atomic mass is 9.74. The number of hydrogen-bond acceptors (Lipinski definition) is 3. The quantitative estimate of drug-likeness (QED) is 0.230. The van der Waals surface area contributed by atoms with Crippen LogP contribution in [0.1, 0.15) is 121 Å². The Bertz CT molecular complexity index is 1420. The van der Waals surface area contributed by atoms with Gasteiger partial charge in [0.1, 0.15) is 0 Å². The Labute approximate surface area is 260 Å². The van der Waals surface area contributed by atoms with Gasteiger partial charge in [0.15, 0.2) is 11.6 Å². The van der Waals surface area contributed by atoms with Gasteiger partial charge in [-0.2, -0.15) is 0 Å². The van der Waals surface area contributed by atoms with E-state index >= 15 is 0 Å². The molecule has 228 valence electrons. The van der Waals surface area contributed by atoms with E-state index in [1.165, 1.54) is 27.8 Å². The van der Waals surface area contributed by atoms with Crippen molar-refractivity contribution in [1.82, 2.24) is 6.15 Å². The summed E-state index contributed by atoms with van der Waals surface area (Å²) >= 11 is 0. The highest BCUT2D eigenvalue weighted by Gasteiger charge is 2.27. The predicted octanol–water partition coefficient (Wildman–Crippen LogP) is 10.4. The first-order valence-corrected chi connectivity index (χ1v) is 16.2. The first kappa shape index (κ1) is 33.9. The second-order valence-electron chi connectivity index (χ2n) is 11.7. The summed E-state index contributed by atoms with van der Waals surface area (Å²) in [6, 6.07) is 23.6. The molecule has 0 heterocycles. The summed E-state index contributed by atoms with van der Waals surface area (Å²) in [6.07, 6.45) is 15.0. The van der Waals surface area contributed by atoms with E-state index in [0.29, 0.717) is 31.1 Å². The van der Waals surface area contributed by atoms with Crippen LogP contribution in [0.25, 0.3) is 0 Å². The van der Waals surface area contributed by atoms with Crippen molar-refractivity contribution < 1.29 is 9.59 Å². The van der Waals surface area contributed by atoms with Crippen LogP contribution in [0.15, 0.2) is 90.5 Å². The minimum Gasteiger partial charge on any atom is -0.344 e. The number of allylic oxidation sites excluding steroid dienone is 4. The van der Waals surface area contributed by atoms with E-state index in [4.69, 9.17) is 0 Å². The molecule has 5 rings (SSSR count). The second kappa shape index (κ2) is 16.9. The molecule has 1 saturated carbocycles. The molecule has 3 N–H and O–H groups in total. The molecule has 2 aliphatic rings. The lowest BCUT2D eigenvalue weighted by Crippen LogP contribution is -2.16. The number of benzene rings is 3. The van der Waals surface area contributed by atoms with Crippen LogP contribution in [0.3, 0.4) is 0 Å². The molecule has 3 aromatic rings. The Morgan fingerprint density at radius 1 is 0.767 bits per heavy atom. The molecule has 3 nitrogen and oxygen atoms in total. The molecule has 0 saturated heterocycles. The van der Waals surface area contributed by atoms with Crippen LogP contribution in [-0.4, -0.2) is 11.6 Å². The van der Waals surface area contributed by atoms with E-state index in [0.717, 1.165) is 61.6 Å². The van der Waals surface area contributed by atoms with Crippen molar-refractivity contribution in [2.75, 3.05) is 0 Å². The SMILES string of the molecule is CC.CCCc1cccc(CCC(=O)c2ccc(C3CCC(c4ccccc4C)CC3)c(CC(=O)C3=CC=CC3)c2)c1.N. The van der Waals surface area contributed by atoms with E-state index in [2.05, 4.69) is 68.4 Å². The van der Waals surface area contributed by atoms with Crippen LogP contribution in [0.4, 0.5) is 0 Å². The fourth-order valence-electron chi connectivity index (χ4n) is 6.66. The number of aryl methyl sites for hydroxylation is 3. The standard InChI is InChI=1S/C38H42O2.C2H6.H3N/c1-3-9-28-11-8-12-29(24-28)16-23-37(39)33-21-22-36(34(25-33)26-38(40)32-13-5-6-14-32)31-19-17-30(18-20-31)35-15-7-4-10-27(35)2;1-2;/h4-8,10-13,15,21-22,24-25,30-31H,3,9,14,16-20,23,26H2,1-2H3;1-2H3;1H3. The zero-order chi connectivity index (χ0) is 29.9. The van der Waals surface area contributed by atoms with Crippen LogP contribution >= 0.6 is 0 Å². The van der Waals surface area contributed by atoms with Gasteiger partial charge >= 0.3 is 0 Å². The molecular formula is C40H51NO2. The van der Waals surface area contributed by atoms with Gasteiger partial charge in [-0.15, -0.1) is 0 Å². The number of rotatable bonds is 11. The monoisotopic (exact) mass is 577 g/mol. The summed E-state index contributed by atoms with van der Waals surface area (Å²) in [5.41, 5.74) is 9.36.